The first-order chi connectivity index (χ1) is 8.38. The molecule has 0 spiro atoms. The number of amides is 1. The summed E-state index contributed by atoms with van der Waals surface area (Å²) >= 11 is 2.20. The van der Waals surface area contributed by atoms with E-state index in [2.05, 4.69) is 22.6 Å². The number of anilines is 1. The number of hydrogen-bond acceptors (Lipinski definition) is 3. The first-order valence-corrected chi connectivity index (χ1v) is 6.88. The summed E-state index contributed by atoms with van der Waals surface area (Å²) in [6.45, 7) is 6.60. The molecule has 1 amide bonds. The molecule has 0 aliphatic carbocycles. The molecule has 0 aromatic heterocycles. The minimum absolute atomic E-state index is 0.323. The van der Waals surface area contributed by atoms with Crippen molar-refractivity contribution < 1.29 is 14.3 Å². The van der Waals surface area contributed by atoms with Gasteiger partial charge in [0.2, 0.25) is 0 Å². The van der Waals surface area contributed by atoms with E-state index in [9.17, 15) is 4.79 Å². The van der Waals surface area contributed by atoms with Crippen LogP contribution in [-0.2, 0) is 4.74 Å². The van der Waals surface area contributed by atoms with Crippen LogP contribution < -0.4 is 9.64 Å². The van der Waals surface area contributed by atoms with Gasteiger partial charge in [-0.3, -0.25) is 4.90 Å². The number of hydrogen-bond donors (Lipinski definition) is 0. The van der Waals surface area contributed by atoms with Crippen LogP contribution >= 0.6 is 22.6 Å². The molecule has 0 fully saturated rings. The summed E-state index contributed by atoms with van der Waals surface area (Å²) < 4.78 is 12.0. The van der Waals surface area contributed by atoms with Crippen LogP contribution in [0, 0.1) is 3.57 Å². The van der Waals surface area contributed by atoms with Crippen molar-refractivity contribution in [3.8, 4) is 5.75 Å². The lowest BCUT2D eigenvalue weighted by atomic mass is 10.2. The average Bonchev–Trinajstić information content (AvgIpc) is 2.26. The Kier molecular flexibility index (Phi) is 3.70. The van der Waals surface area contributed by atoms with Gasteiger partial charge < -0.3 is 9.47 Å². The molecule has 1 aromatic carbocycles. The maximum Gasteiger partial charge on any atom is 0.415 e. The lowest BCUT2D eigenvalue weighted by Crippen LogP contribution is -2.41. The van der Waals surface area contributed by atoms with E-state index in [0.29, 0.717) is 13.2 Å². The predicted molar refractivity (Wildman–Crippen MR) is 78.2 cm³/mol. The second kappa shape index (κ2) is 4.95. The summed E-state index contributed by atoms with van der Waals surface area (Å²) in [4.78, 5) is 13.8. The summed E-state index contributed by atoms with van der Waals surface area (Å²) in [5.74, 6) is 0.735. The Hall–Kier alpha value is -0.980. The highest BCUT2D eigenvalue weighted by atomic mass is 127. The first kappa shape index (κ1) is 13.5. The molecule has 0 atom stereocenters. The van der Waals surface area contributed by atoms with E-state index in [-0.39, 0.29) is 6.09 Å². The number of carbonyl (C=O) groups excluding carboxylic acids is 1. The van der Waals surface area contributed by atoms with E-state index in [0.717, 1.165) is 15.0 Å². The molecular formula is C13H16INO3. The van der Waals surface area contributed by atoms with Gasteiger partial charge >= 0.3 is 6.09 Å². The zero-order chi connectivity index (χ0) is 13.3. The molecule has 5 heteroatoms. The maximum atomic E-state index is 12.2. The van der Waals surface area contributed by atoms with Crippen molar-refractivity contribution in [2.45, 2.75) is 26.4 Å². The Balaban J connectivity index is 2.30. The van der Waals surface area contributed by atoms with Gasteiger partial charge in [-0.25, -0.2) is 4.79 Å². The van der Waals surface area contributed by atoms with Crippen LogP contribution in [0.25, 0.3) is 0 Å². The van der Waals surface area contributed by atoms with Crippen LogP contribution in [0.2, 0.25) is 0 Å². The number of para-hydroxylation sites is 1. The summed E-state index contributed by atoms with van der Waals surface area (Å²) in [7, 11) is 0. The van der Waals surface area contributed by atoms with Gasteiger partial charge in [0.05, 0.1) is 6.54 Å². The second-order valence-electron chi connectivity index (χ2n) is 5.07. The number of nitrogens with zero attached hydrogens (tertiary/aromatic N) is 1. The van der Waals surface area contributed by atoms with Crippen LogP contribution in [-0.4, -0.2) is 24.8 Å². The van der Waals surface area contributed by atoms with Gasteiger partial charge in [-0.1, -0.05) is 6.07 Å². The van der Waals surface area contributed by atoms with E-state index < -0.39 is 5.60 Å². The van der Waals surface area contributed by atoms with Gasteiger partial charge in [0.25, 0.3) is 0 Å². The molecule has 2 rings (SSSR count). The summed E-state index contributed by atoms with van der Waals surface area (Å²) in [5, 5.41) is 0. The lowest BCUT2D eigenvalue weighted by molar-refractivity contribution is 0.0567. The Labute approximate surface area is 120 Å². The minimum atomic E-state index is -0.490. The van der Waals surface area contributed by atoms with Gasteiger partial charge in [-0.2, -0.15) is 0 Å². The second-order valence-corrected chi connectivity index (χ2v) is 6.23. The van der Waals surface area contributed by atoms with E-state index in [1.165, 1.54) is 0 Å². The van der Waals surface area contributed by atoms with E-state index in [1.807, 2.05) is 39.0 Å². The Bertz CT molecular complexity index is 468. The number of carbonyl (C=O) groups is 1. The molecule has 1 heterocycles. The highest BCUT2D eigenvalue weighted by Crippen LogP contribution is 2.36. The molecule has 1 aliphatic heterocycles. The topological polar surface area (TPSA) is 38.8 Å². The summed E-state index contributed by atoms with van der Waals surface area (Å²) in [6, 6.07) is 5.73. The van der Waals surface area contributed by atoms with Crippen LogP contribution in [0.15, 0.2) is 18.2 Å². The summed E-state index contributed by atoms with van der Waals surface area (Å²) in [6.07, 6.45) is -0.323. The molecule has 1 aliphatic rings. The summed E-state index contributed by atoms with van der Waals surface area (Å²) in [5.41, 5.74) is 0.314. The molecule has 18 heavy (non-hydrogen) atoms. The molecule has 0 radical (unpaired) electrons. The fourth-order valence-electron chi connectivity index (χ4n) is 1.73. The number of fused-ring (bicyclic) bond motifs is 1. The molecule has 0 saturated carbocycles. The highest BCUT2D eigenvalue weighted by Gasteiger charge is 2.29. The zero-order valence-electron chi connectivity index (χ0n) is 10.7. The van der Waals surface area contributed by atoms with Gasteiger partial charge in [-0.05, 0) is 55.5 Å². The Morgan fingerprint density at radius 1 is 1.44 bits per heavy atom. The molecule has 98 valence electrons. The maximum absolute atomic E-state index is 12.2. The number of rotatable bonds is 0. The van der Waals surface area contributed by atoms with Crippen LogP contribution in [0.3, 0.4) is 0 Å². The van der Waals surface area contributed by atoms with Crippen molar-refractivity contribution in [3.63, 3.8) is 0 Å². The lowest BCUT2D eigenvalue weighted by Gasteiger charge is -2.32. The molecule has 0 bridgehead atoms. The first-order valence-electron chi connectivity index (χ1n) is 5.80. The third-order valence-corrected chi connectivity index (χ3v) is 3.28. The monoisotopic (exact) mass is 361 g/mol. The van der Waals surface area contributed by atoms with Gasteiger partial charge in [-0.15, -0.1) is 0 Å². The van der Waals surface area contributed by atoms with Crippen molar-refractivity contribution in [3.05, 3.63) is 21.8 Å². The van der Waals surface area contributed by atoms with E-state index in [4.69, 9.17) is 9.47 Å². The normalized spacial score (nSPS) is 14.8. The zero-order valence-corrected chi connectivity index (χ0v) is 12.9. The largest absolute Gasteiger partial charge is 0.489 e. The number of ether oxygens (including phenoxy) is 2. The molecule has 1 aromatic rings. The van der Waals surface area contributed by atoms with Gasteiger partial charge in [0.15, 0.2) is 0 Å². The molecule has 0 unspecified atom stereocenters. The van der Waals surface area contributed by atoms with Gasteiger partial charge in [0, 0.05) is 3.57 Å². The third kappa shape index (κ3) is 2.88. The molecule has 0 N–H and O–H groups in total. The smallest absolute Gasteiger partial charge is 0.415 e. The van der Waals surface area contributed by atoms with Crippen molar-refractivity contribution in [2.24, 2.45) is 0 Å². The van der Waals surface area contributed by atoms with E-state index in [1.54, 1.807) is 4.90 Å². The fraction of sp³-hybridized carbons (Fsp3) is 0.462. The number of halogens is 1. The van der Waals surface area contributed by atoms with Crippen LogP contribution in [0.1, 0.15) is 20.8 Å². The Morgan fingerprint density at radius 3 is 2.83 bits per heavy atom. The van der Waals surface area contributed by atoms with Crippen LogP contribution in [0.4, 0.5) is 10.5 Å². The quantitative estimate of drug-likeness (QED) is 0.665. The molecule has 0 saturated heterocycles. The SMILES string of the molecule is CC(C)(C)OC(=O)N1CCOc2cccc(I)c21. The Morgan fingerprint density at radius 2 is 2.17 bits per heavy atom. The number of benzene rings is 1. The van der Waals surface area contributed by atoms with Crippen molar-refractivity contribution in [1.29, 1.82) is 0 Å². The van der Waals surface area contributed by atoms with Crippen molar-refractivity contribution in [1.82, 2.24) is 0 Å². The third-order valence-electron chi connectivity index (χ3n) is 2.41. The fourth-order valence-corrected chi connectivity index (χ4v) is 2.50. The van der Waals surface area contributed by atoms with Crippen molar-refractivity contribution >= 4 is 34.4 Å². The minimum Gasteiger partial charge on any atom is -0.489 e. The standard InChI is InChI=1S/C13H16INO3/c1-13(2,3)18-12(16)15-7-8-17-10-6-4-5-9(14)11(10)15/h4-6H,7-8H2,1-3H3. The highest BCUT2D eigenvalue weighted by molar-refractivity contribution is 14.1. The molecular weight excluding hydrogens is 345 g/mol. The predicted octanol–water partition coefficient (Wildman–Crippen LogP) is 3.43. The van der Waals surface area contributed by atoms with Crippen molar-refractivity contribution in [2.75, 3.05) is 18.1 Å². The molecule has 4 nitrogen and oxygen atoms in total. The van der Waals surface area contributed by atoms with Crippen LogP contribution in [0.5, 0.6) is 5.75 Å². The average molecular weight is 361 g/mol. The van der Waals surface area contributed by atoms with Gasteiger partial charge in [0.1, 0.15) is 23.6 Å². The van der Waals surface area contributed by atoms with E-state index >= 15 is 0 Å².